The first-order valence-corrected chi connectivity index (χ1v) is 8.09. The minimum absolute atomic E-state index is 0.115. The van der Waals surface area contributed by atoms with Crippen molar-refractivity contribution in [3.8, 4) is 0 Å². The Labute approximate surface area is 135 Å². The number of rotatable bonds is 2. The Morgan fingerprint density at radius 1 is 1.35 bits per heavy atom. The van der Waals surface area contributed by atoms with Gasteiger partial charge in [-0.25, -0.2) is 9.78 Å². The SMILES string of the molecule is O=C(O)c1ccc2c(=O)n3c(nc2c1)/C(=C/c1ccsc1)CC3. The molecular weight excluding hydrogens is 312 g/mol. The summed E-state index contributed by atoms with van der Waals surface area (Å²) in [6.45, 7) is 0.605. The number of hydrogen-bond acceptors (Lipinski definition) is 4. The van der Waals surface area contributed by atoms with E-state index in [1.54, 1.807) is 22.0 Å². The van der Waals surface area contributed by atoms with Gasteiger partial charge in [-0.15, -0.1) is 0 Å². The van der Waals surface area contributed by atoms with Crippen molar-refractivity contribution >= 4 is 39.9 Å². The van der Waals surface area contributed by atoms with E-state index in [9.17, 15) is 9.59 Å². The zero-order valence-corrected chi connectivity index (χ0v) is 12.8. The smallest absolute Gasteiger partial charge is 0.335 e. The summed E-state index contributed by atoms with van der Waals surface area (Å²) in [6.07, 6.45) is 2.79. The lowest BCUT2D eigenvalue weighted by Crippen LogP contribution is -2.20. The average molecular weight is 324 g/mol. The number of aromatic carboxylic acids is 1. The molecule has 23 heavy (non-hydrogen) atoms. The topological polar surface area (TPSA) is 72.2 Å². The van der Waals surface area contributed by atoms with Crippen LogP contribution < -0.4 is 5.56 Å². The summed E-state index contributed by atoms with van der Waals surface area (Å²) < 4.78 is 1.67. The second-order valence-electron chi connectivity index (χ2n) is 5.41. The monoisotopic (exact) mass is 324 g/mol. The molecule has 0 bridgehead atoms. The van der Waals surface area contributed by atoms with Gasteiger partial charge in [0, 0.05) is 6.54 Å². The first-order chi connectivity index (χ1) is 11.1. The minimum atomic E-state index is -1.02. The molecule has 1 aliphatic heterocycles. The number of carboxylic acid groups (broad SMARTS) is 1. The van der Waals surface area contributed by atoms with Gasteiger partial charge < -0.3 is 5.11 Å². The lowest BCUT2D eigenvalue weighted by atomic mass is 10.1. The van der Waals surface area contributed by atoms with Gasteiger partial charge >= 0.3 is 5.97 Å². The van der Waals surface area contributed by atoms with Crippen LogP contribution in [0.1, 0.15) is 28.2 Å². The molecule has 3 aromatic rings. The third-order valence-corrected chi connectivity index (χ3v) is 4.68. The van der Waals surface area contributed by atoms with Crippen molar-refractivity contribution < 1.29 is 9.90 Å². The molecule has 0 atom stereocenters. The van der Waals surface area contributed by atoms with Crippen molar-refractivity contribution in [1.82, 2.24) is 9.55 Å². The molecular formula is C17H12N2O3S. The summed E-state index contributed by atoms with van der Waals surface area (Å²) in [5.41, 5.74) is 2.54. The first-order valence-electron chi connectivity index (χ1n) is 7.14. The lowest BCUT2D eigenvalue weighted by Gasteiger charge is -2.06. The Hall–Kier alpha value is -2.73. The van der Waals surface area contributed by atoms with Gasteiger partial charge in [-0.05, 0) is 58.7 Å². The van der Waals surface area contributed by atoms with Gasteiger partial charge in [0.2, 0.25) is 0 Å². The Balaban J connectivity index is 1.94. The molecule has 0 spiro atoms. The van der Waals surface area contributed by atoms with Crippen molar-refractivity contribution in [3.63, 3.8) is 0 Å². The van der Waals surface area contributed by atoms with Crippen molar-refractivity contribution in [3.05, 3.63) is 62.3 Å². The maximum Gasteiger partial charge on any atom is 0.335 e. The van der Waals surface area contributed by atoms with E-state index in [1.165, 1.54) is 12.1 Å². The molecule has 3 heterocycles. The highest BCUT2D eigenvalue weighted by Crippen LogP contribution is 2.28. The maximum atomic E-state index is 12.6. The van der Waals surface area contributed by atoms with E-state index < -0.39 is 5.97 Å². The fraction of sp³-hybridized carbons (Fsp3) is 0.118. The first kappa shape index (κ1) is 13.9. The van der Waals surface area contributed by atoms with Crippen LogP contribution in [-0.4, -0.2) is 20.6 Å². The standard InChI is InChI=1S/C17H12N2O3S/c20-16-13-2-1-12(17(21)22)8-14(13)18-15-11(3-5-19(15)16)7-10-4-6-23-9-10/h1-2,4,6-9H,3,5H2,(H,21,22)/b11-7+. The molecule has 114 valence electrons. The summed E-state index contributed by atoms with van der Waals surface area (Å²) in [7, 11) is 0. The number of carbonyl (C=O) groups is 1. The molecule has 0 amide bonds. The molecule has 0 saturated heterocycles. The normalized spacial score (nSPS) is 15.2. The molecule has 4 rings (SSSR count). The van der Waals surface area contributed by atoms with Gasteiger partial charge in [0.1, 0.15) is 5.82 Å². The van der Waals surface area contributed by atoms with Crippen LogP contribution in [0.15, 0.2) is 39.8 Å². The fourth-order valence-electron chi connectivity index (χ4n) is 2.85. The van der Waals surface area contributed by atoms with Crippen molar-refractivity contribution in [2.24, 2.45) is 0 Å². The van der Waals surface area contributed by atoms with E-state index in [-0.39, 0.29) is 11.1 Å². The molecule has 6 heteroatoms. The van der Waals surface area contributed by atoms with Crippen molar-refractivity contribution in [2.45, 2.75) is 13.0 Å². The number of benzene rings is 1. The van der Waals surface area contributed by atoms with Gasteiger partial charge in [0.25, 0.3) is 5.56 Å². The highest BCUT2D eigenvalue weighted by Gasteiger charge is 2.21. The highest BCUT2D eigenvalue weighted by atomic mass is 32.1. The van der Waals surface area contributed by atoms with Crippen molar-refractivity contribution in [2.75, 3.05) is 0 Å². The van der Waals surface area contributed by atoms with E-state index >= 15 is 0 Å². The van der Waals surface area contributed by atoms with Gasteiger partial charge in [0.05, 0.1) is 16.5 Å². The predicted molar refractivity (Wildman–Crippen MR) is 89.8 cm³/mol. The Kier molecular flexibility index (Phi) is 3.12. The Morgan fingerprint density at radius 2 is 2.22 bits per heavy atom. The summed E-state index contributed by atoms with van der Waals surface area (Å²) in [5.74, 6) is -0.389. The van der Waals surface area contributed by atoms with Crippen molar-refractivity contribution in [1.29, 1.82) is 0 Å². The van der Waals surface area contributed by atoms with Crippen LogP contribution in [-0.2, 0) is 6.54 Å². The lowest BCUT2D eigenvalue weighted by molar-refractivity contribution is 0.0697. The highest BCUT2D eigenvalue weighted by molar-refractivity contribution is 7.08. The molecule has 0 unspecified atom stereocenters. The van der Waals surface area contributed by atoms with Crippen LogP contribution in [0.4, 0.5) is 0 Å². The second-order valence-corrected chi connectivity index (χ2v) is 6.19. The Bertz CT molecular complexity index is 1020. The van der Waals surface area contributed by atoms with E-state index in [0.29, 0.717) is 23.3 Å². The molecule has 1 N–H and O–H groups in total. The van der Waals surface area contributed by atoms with Crippen LogP contribution in [0.3, 0.4) is 0 Å². The average Bonchev–Trinajstić information content (AvgIpc) is 3.18. The van der Waals surface area contributed by atoms with Gasteiger partial charge in [-0.3, -0.25) is 9.36 Å². The minimum Gasteiger partial charge on any atom is -0.478 e. The summed E-state index contributed by atoms with van der Waals surface area (Å²) in [4.78, 5) is 28.3. The van der Waals surface area contributed by atoms with Gasteiger partial charge in [-0.2, -0.15) is 11.3 Å². The van der Waals surface area contributed by atoms with Crippen LogP contribution in [0.25, 0.3) is 22.6 Å². The number of thiophene rings is 1. The van der Waals surface area contributed by atoms with E-state index in [0.717, 1.165) is 17.6 Å². The van der Waals surface area contributed by atoms with Gasteiger partial charge in [-0.1, -0.05) is 0 Å². The van der Waals surface area contributed by atoms with E-state index in [4.69, 9.17) is 5.11 Å². The number of hydrogen-bond donors (Lipinski definition) is 1. The molecule has 0 aliphatic carbocycles. The number of fused-ring (bicyclic) bond motifs is 2. The quantitative estimate of drug-likeness (QED) is 0.786. The van der Waals surface area contributed by atoms with Crippen LogP contribution >= 0.6 is 11.3 Å². The van der Waals surface area contributed by atoms with Crippen LogP contribution in [0.5, 0.6) is 0 Å². The number of carboxylic acids is 1. The van der Waals surface area contributed by atoms with E-state index in [2.05, 4.69) is 4.98 Å². The summed E-state index contributed by atoms with van der Waals surface area (Å²) >= 11 is 1.62. The zero-order chi connectivity index (χ0) is 16.0. The largest absolute Gasteiger partial charge is 0.478 e. The number of nitrogens with zero attached hydrogens (tertiary/aromatic N) is 2. The third-order valence-electron chi connectivity index (χ3n) is 3.98. The molecule has 1 aliphatic rings. The Morgan fingerprint density at radius 3 is 2.96 bits per heavy atom. The summed E-state index contributed by atoms with van der Waals surface area (Å²) in [6, 6.07) is 6.46. The second kappa shape index (κ2) is 5.17. The van der Waals surface area contributed by atoms with Crippen LogP contribution in [0, 0.1) is 0 Å². The molecule has 0 fully saturated rings. The van der Waals surface area contributed by atoms with Crippen LogP contribution in [0.2, 0.25) is 0 Å². The van der Waals surface area contributed by atoms with E-state index in [1.807, 2.05) is 22.9 Å². The summed E-state index contributed by atoms with van der Waals surface area (Å²) in [5, 5.41) is 13.6. The molecule has 1 aromatic carbocycles. The number of allylic oxidation sites excluding steroid dienone is 1. The molecule has 0 radical (unpaired) electrons. The maximum absolute atomic E-state index is 12.6. The predicted octanol–water partition coefficient (Wildman–Crippen LogP) is 3.10. The fourth-order valence-corrected chi connectivity index (χ4v) is 3.46. The molecule has 5 nitrogen and oxygen atoms in total. The number of aromatic nitrogens is 2. The third kappa shape index (κ3) is 2.27. The molecule has 2 aromatic heterocycles. The van der Waals surface area contributed by atoms with Gasteiger partial charge in [0.15, 0.2) is 0 Å². The molecule has 0 saturated carbocycles. The zero-order valence-electron chi connectivity index (χ0n) is 12.0.